The van der Waals surface area contributed by atoms with Crippen LogP contribution in [0, 0.1) is 0 Å². The fraction of sp³-hybridized carbons (Fsp3) is 0.786. The van der Waals surface area contributed by atoms with E-state index in [9.17, 15) is 5.11 Å². The maximum absolute atomic E-state index is 9.40. The number of hydrogen-bond acceptors (Lipinski definition) is 4. The minimum absolute atomic E-state index is 0.293. The fourth-order valence-corrected chi connectivity index (χ4v) is 3.54. The summed E-state index contributed by atoms with van der Waals surface area (Å²) in [5, 5.41) is 12.8. The summed E-state index contributed by atoms with van der Waals surface area (Å²) in [6, 6.07) is 0.629. The second-order valence-corrected chi connectivity index (χ2v) is 6.55. The van der Waals surface area contributed by atoms with Crippen molar-refractivity contribution in [3.63, 3.8) is 0 Å². The van der Waals surface area contributed by atoms with E-state index in [-0.39, 0.29) is 6.10 Å². The lowest BCUT2D eigenvalue weighted by molar-refractivity contribution is 0.167. The van der Waals surface area contributed by atoms with Gasteiger partial charge in [0.25, 0.3) is 0 Å². The van der Waals surface area contributed by atoms with Gasteiger partial charge in [-0.2, -0.15) is 0 Å². The van der Waals surface area contributed by atoms with E-state index in [1.807, 2.05) is 6.92 Å². The molecule has 2 atom stereocenters. The Morgan fingerprint density at radius 2 is 2.28 bits per heavy atom. The van der Waals surface area contributed by atoms with Crippen LogP contribution in [0.15, 0.2) is 5.38 Å². The van der Waals surface area contributed by atoms with Crippen molar-refractivity contribution in [2.75, 3.05) is 13.1 Å². The molecule has 2 unspecified atom stereocenters. The van der Waals surface area contributed by atoms with Crippen molar-refractivity contribution in [2.24, 2.45) is 0 Å². The van der Waals surface area contributed by atoms with Crippen LogP contribution in [-0.2, 0) is 6.42 Å². The molecule has 2 heterocycles. The Kier molecular flexibility index (Phi) is 4.76. The zero-order valence-electron chi connectivity index (χ0n) is 11.6. The second-order valence-electron chi connectivity index (χ2n) is 5.66. The predicted molar refractivity (Wildman–Crippen MR) is 76.2 cm³/mol. The van der Waals surface area contributed by atoms with Gasteiger partial charge in [-0.05, 0) is 40.2 Å². The Labute approximate surface area is 114 Å². The third-order valence-corrected chi connectivity index (χ3v) is 4.66. The van der Waals surface area contributed by atoms with Crippen molar-refractivity contribution in [2.45, 2.75) is 58.1 Å². The van der Waals surface area contributed by atoms with Crippen LogP contribution < -0.4 is 0 Å². The Morgan fingerprint density at radius 1 is 1.50 bits per heavy atom. The van der Waals surface area contributed by atoms with Crippen LogP contribution in [0.4, 0.5) is 0 Å². The average Bonchev–Trinajstić information content (AvgIpc) is 2.77. The molecule has 0 bridgehead atoms. The summed E-state index contributed by atoms with van der Waals surface area (Å²) in [7, 11) is 0. The molecule has 1 saturated heterocycles. The largest absolute Gasteiger partial charge is 0.393 e. The van der Waals surface area contributed by atoms with Gasteiger partial charge in [0.1, 0.15) is 0 Å². The van der Waals surface area contributed by atoms with E-state index in [4.69, 9.17) is 4.98 Å². The number of hydrogen-bond donors (Lipinski definition) is 1. The van der Waals surface area contributed by atoms with Gasteiger partial charge in [0.15, 0.2) is 0 Å². The SMILES string of the molecule is CC(O)Cc1csc(C2CCCN(C(C)C)C2)n1. The molecule has 0 radical (unpaired) electrons. The van der Waals surface area contributed by atoms with E-state index < -0.39 is 0 Å². The van der Waals surface area contributed by atoms with Gasteiger partial charge in [0.2, 0.25) is 0 Å². The Hall–Kier alpha value is -0.450. The number of nitrogens with zero attached hydrogens (tertiary/aromatic N) is 2. The minimum Gasteiger partial charge on any atom is -0.393 e. The van der Waals surface area contributed by atoms with Crippen molar-refractivity contribution < 1.29 is 5.11 Å². The molecule has 3 nitrogen and oxygen atoms in total. The van der Waals surface area contributed by atoms with E-state index in [0.29, 0.717) is 18.4 Å². The van der Waals surface area contributed by atoms with E-state index in [0.717, 1.165) is 12.2 Å². The molecule has 2 rings (SSSR count). The van der Waals surface area contributed by atoms with Crippen LogP contribution in [-0.4, -0.2) is 40.2 Å². The first-order chi connectivity index (χ1) is 8.56. The number of aliphatic hydroxyl groups excluding tert-OH is 1. The molecule has 1 aromatic rings. The first-order valence-corrected chi connectivity index (χ1v) is 7.80. The van der Waals surface area contributed by atoms with Gasteiger partial charge in [-0.25, -0.2) is 4.98 Å². The smallest absolute Gasteiger partial charge is 0.0972 e. The molecule has 0 aliphatic carbocycles. The summed E-state index contributed by atoms with van der Waals surface area (Å²) in [5.41, 5.74) is 1.05. The van der Waals surface area contributed by atoms with Crippen LogP contribution in [0.3, 0.4) is 0 Å². The molecule has 102 valence electrons. The number of likely N-dealkylation sites (tertiary alicyclic amines) is 1. The van der Waals surface area contributed by atoms with E-state index in [1.54, 1.807) is 11.3 Å². The number of thiazole rings is 1. The first-order valence-electron chi connectivity index (χ1n) is 6.92. The third-order valence-electron chi connectivity index (χ3n) is 3.61. The molecule has 18 heavy (non-hydrogen) atoms. The highest BCUT2D eigenvalue weighted by molar-refractivity contribution is 7.09. The van der Waals surface area contributed by atoms with Crippen LogP contribution in [0.25, 0.3) is 0 Å². The maximum Gasteiger partial charge on any atom is 0.0972 e. The summed E-state index contributed by atoms with van der Waals surface area (Å²) < 4.78 is 0. The number of piperidine rings is 1. The molecular formula is C14H24N2OS. The number of aromatic nitrogens is 1. The molecule has 0 amide bonds. The molecule has 0 aromatic carbocycles. The standard InChI is InChI=1S/C14H24N2OS/c1-10(2)16-6-4-5-12(8-16)14-15-13(9-18-14)7-11(3)17/h9-12,17H,4-8H2,1-3H3. The topological polar surface area (TPSA) is 36.4 Å². The molecule has 1 N–H and O–H groups in total. The predicted octanol–water partition coefficient (Wildman–Crippen LogP) is 2.65. The van der Waals surface area contributed by atoms with Gasteiger partial charge < -0.3 is 10.0 Å². The van der Waals surface area contributed by atoms with Crippen LogP contribution in [0.1, 0.15) is 50.2 Å². The summed E-state index contributed by atoms with van der Waals surface area (Å²) in [4.78, 5) is 7.25. The highest BCUT2D eigenvalue weighted by atomic mass is 32.1. The van der Waals surface area contributed by atoms with Crippen LogP contribution in [0.5, 0.6) is 0 Å². The van der Waals surface area contributed by atoms with Crippen molar-refractivity contribution in [1.82, 2.24) is 9.88 Å². The number of aliphatic hydroxyl groups is 1. The van der Waals surface area contributed by atoms with Gasteiger partial charge in [0, 0.05) is 30.3 Å². The van der Waals surface area contributed by atoms with Gasteiger partial charge in [-0.3, -0.25) is 0 Å². The van der Waals surface area contributed by atoms with Gasteiger partial charge >= 0.3 is 0 Å². The first kappa shape index (κ1) is 14.0. The summed E-state index contributed by atoms with van der Waals surface area (Å²) in [6.07, 6.45) is 2.91. The Morgan fingerprint density at radius 3 is 2.94 bits per heavy atom. The molecule has 1 aromatic heterocycles. The van der Waals surface area contributed by atoms with E-state index >= 15 is 0 Å². The lowest BCUT2D eigenvalue weighted by Gasteiger charge is -2.34. The average molecular weight is 268 g/mol. The highest BCUT2D eigenvalue weighted by Gasteiger charge is 2.25. The Balaban J connectivity index is 2.00. The van der Waals surface area contributed by atoms with Crippen LogP contribution >= 0.6 is 11.3 Å². The molecule has 0 spiro atoms. The summed E-state index contributed by atoms with van der Waals surface area (Å²) >= 11 is 1.76. The molecule has 1 aliphatic rings. The minimum atomic E-state index is -0.293. The van der Waals surface area contributed by atoms with Gasteiger partial charge in [0.05, 0.1) is 16.8 Å². The van der Waals surface area contributed by atoms with Crippen LogP contribution in [0.2, 0.25) is 0 Å². The monoisotopic (exact) mass is 268 g/mol. The molecule has 4 heteroatoms. The van der Waals surface area contributed by atoms with Crippen molar-refractivity contribution in [1.29, 1.82) is 0 Å². The summed E-state index contributed by atoms with van der Waals surface area (Å²) in [5.74, 6) is 0.592. The zero-order valence-corrected chi connectivity index (χ0v) is 12.4. The van der Waals surface area contributed by atoms with Gasteiger partial charge in [-0.15, -0.1) is 11.3 Å². The van der Waals surface area contributed by atoms with E-state index in [2.05, 4.69) is 24.1 Å². The van der Waals surface area contributed by atoms with Crippen molar-refractivity contribution in [3.8, 4) is 0 Å². The molecular weight excluding hydrogens is 244 g/mol. The second kappa shape index (κ2) is 6.13. The maximum atomic E-state index is 9.40. The number of rotatable bonds is 4. The highest BCUT2D eigenvalue weighted by Crippen LogP contribution is 2.30. The van der Waals surface area contributed by atoms with E-state index in [1.165, 1.54) is 24.4 Å². The molecule has 1 aliphatic heterocycles. The van der Waals surface area contributed by atoms with Crippen molar-refractivity contribution in [3.05, 3.63) is 16.1 Å². The fourth-order valence-electron chi connectivity index (χ4n) is 2.58. The lowest BCUT2D eigenvalue weighted by Crippen LogP contribution is -2.39. The quantitative estimate of drug-likeness (QED) is 0.912. The zero-order chi connectivity index (χ0) is 13.1. The molecule has 1 fully saturated rings. The summed E-state index contributed by atoms with van der Waals surface area (Å²) in [6.45, 7) is 8.71. The Bertz CT molecular complexity index is 376. The molecule has 0 saturated carbocycles. The third kappa shape index (κ3) is 3.53. The van der Waals surface area contributed by atoms with Gasteiger partial charge in [-0.1, -0.05) is 0 Å². The van der Waals surface area contributed by atoms with Crippen molar-refractivity contribution >= 4 is 11.3 Å². The lowest BCUT2D eigenvalue weighted by atomic mass is 9.97. The normalized spacial score (nSPS) is 23.5.